The first-order valence-corrected chi connectivity index (χ1v) is 9.71. The molecule has 0 amide bonds. The molecule has 1 saturated heterocycles. The first-order valence-electron chi connectivity index (χ1n) is 9.71. The number of fused-ring (bicyclic) bond motifs is 1. The summed E-state index contributed by atoms with van der Waals surface area (Å²) in [5.41, 5.74) is 0.0631. The van der Waals surface area contributed by atoms with E-state index < -0.39 is 18.3 Å². The maximum Gasteiger partial charge on any atom is 0.494 e. The number of methoxy groups -OCH3 is 1. The van der Waals surface area contributed by atoms with E-state index >= 15 is 0 Å². The lowest BCUT2D eigenvalue weighted by Crippen LogP contribution is -2.41. The predicted octanol–water partition coefficient (Wildman–Crippen LogP) is 3.28. The summed E-state index contributed by atoms with van der Waals surface area (Å²) in [6.07, 6.45) is 3.92. The molecule has 6 heteroatoms. The summed E-state index contributed by atoms with van der Waals surface area (Å²) in [7, 11) is 1.16. The average molecular weight is 369 g/mol. The average Bonchev–Trinajstić information content (AvgIpc) is 2.80. The van der Waals surface area contributed by atoms with Gasteiger partial charge in [-0.2, -0.15) is 0 Å². The third-order valence-corrected chi connectivity index (χ3v) is 6.52. The van der Waals surface area contributed by atoms with Crippen LogP contribution >= 0.6 is 0 Å². The molecule has 0 spiro atoms. The lowest BCUT2D eigenvalue weighted by atomic mass is 9.78. The van der Waals surface area contributed by atoms with Crippen molar-refractivity contribution in [2.75, 3.05) is 7.11 Å². The second-order valence-electron chi connectivity index (χ2n) is 9.03. The highest BCUT2D eigenvalue weighted by Gasteiger charge is 2.51. The second-order valence-corrected chi connectivity index (χ2v) is 9.03. The Labute approximate surface area is 160 Å². The largest absolute Gasteiger partial charge is 0.495 e. The molecule has 0 radical (unpaired) electrons. The van der Waals surface area contributed by atoms with Crippen molar-refractivity contribution in [3.63, 3.8) is 0 Å². The van der Waals surface area contributed by atoms with Crippen LogP contribution in [-0.4, -0.2) is 30.0 Å². The van der Waals surface area contributed by atoms with Crippen LogP contribution in [0.4, 0.5) is 0 Å². The minimum Gasteiger partial charge on any atom is -0.495 e. The summed E-state index contributed by atoms with van der Waals surface area (Å²) < 4.78 is 19.7. The van der Waals surface area contributed by atoms with Crippen molar-refractivity contribution in [1.29, 1.82) is 0 Å². The standard InChI is InChI=1S/C21H28BNO4/c1-13-9-15(10-13)23-12-18(25-6)16-8-7-14(11-17(16)19(23)24)22-26-20(2,3)21(4,5)27-22/h7-8,11-13,15H,9-10H2,1-6H3. The molecule has 1 aliphatic heterocycles. The van der Waals surface area contributed by atoms with E-state index in [1.165, 1.54) is 0 Å². The van der Waals surface area contributed by atoms with Crippen LogP contribution in [0.25, 0.3) is 10.8 Å². The molecular formula is C21H28BNO4. The molecule has 4 rings (SSSR count). The molecule has 0 atom stereocenters. The van der Waals surface area contributed by atoms with Crippen molar-refractivity contribution in [2.24, 2.45) is 5.92 Å². The fourth-order valence-electron chi connectivity index (χ4n) is 3.99. The van der Waals surface area contributed by atoms with Gasteiger partial charge in [-0.3, -0.25) is 4.79 Å². The van der Waals surface area contributed by atoms with Crippen LogP contribution in [0.2, 0.25) is 0 Å². The highest BCUT2D eigenvalue weighted by atomic mass is 16.7. The number of ether oxygens (including phenoxy) is 1. The van der Waals surface area contributed by atoms with Gasteiger partial charge in [0.25, 0.3) is 5.56 Å². The van der Waals surface area contributed by atoms with E-state index in [2.05, 4.69) is 6.92 Å². The topological polar surface area (TPSA) is 49.7 Å². The van der Waals surface area contributed by atoms with Crippen molar-refractivity contribution in [2.45, 2.75) is 64.7 Å². The van der Waals surface area contributed by atoms with Gasteiger partial charge in [-0.25, -0.2) is 0 Å². The Balaban J connectivity index is 1.80. The fraction of sp³-hybridized carbons (Fsp3) is 0.571. The lowest BCUT2D eigenvalue weighted by molar-refractivity contribution is 0.00578. The van der Waals surface area contributed by atoms with Gasteiger partial charge < -0.3 is 18.6 Å². The predicted molar refractivity (Wildman–Crippen MR) is 108 cm³/mol. The van der Waals surface area contributed by atoms with Crippen molar-refractivity contribution >= 4 is 23.4 Å². The molecular weight excluding hydrogens is 341 g/mol. The molecule has 2 fully saturated rings. The van der Waals surface area contributed by atoms with Gasteiger partial charge in [0, 0.05) is 11.4 Å². The molecule has 2 aromatic rings. The fourth-order valence-corrected chi connectivity index (χ4v) is 3.99. The zero-order valence-corrected chi connectivity index (χ0v) is 17.0. The van der Waals surface area contributed by atoms with Crippen LogP contribution in [0.1, 0.15) is 53.5 Å². The highest BCUT2D eigenvalue weighted by molar-refractivity contribution is 6.62. The molecule has 27 heavy (non-hydrogen) atoms. The van der Waals surface area contributed by atoms with Crippen LogP contribution in [0.5, 0.6) is 5.75 Å². The van der Waals surface area contributed by atoms with Gasteiger partial charge in [-0.1, -0.05) is 19.1 Å². The smallest absolute Gasteiger partial charge is 0.494 e. The molecule has 144 valence electrons. The van der Waals surface area contributed by atoms with Gasteiger partial charge in [0.15, 0.2) is 0 Å². The summed E-state index contributed by atoms with van der Waals surface area (Å²) in [6.45, 7) is 10.3. The molecule has 0 bridgehead atoms. The number of nitrogens with zero attached hydrogens (tertiary/aromatic N) is 1. The molecule has 2 heterocycles. The molecule has 0 N–H and O–H groups in total. The van der Waals surface area contributed by atoms with Crippen LogP contribution in [0.3, 0.4) is 0 Å². The van der Waals surface area contributed by atoms with Gasteiger partial charge in [-0.15, -0.1) is 0 Å². The molecule has 0 unspecified atom stereocenters. The molecule has 5 nitrogen and oxygen atoms in total. The highest BCUT2D eigenvalue weighted by Crippen LogP contribution is 2.38. The van der Waals surface area contributed by atoms with Crippen molar-refractivity contribution in [1.82, 2.24) is 4.57 Å². The van der Waals surface area contributed by atoms with Crippen molar-refractivity contribution in [3.05, 3.63) is 34.7 Å². The van der Waals surface area contributed by atoms with Gasteiger partial charge in [-0.05, 0) is 58.0 Å². The molecule has 2 aliphatic rings. The third-order valence-electron chi connectivity index (χ3n) is 6.52. The van der Waals surface area contributed by atoms with Crippen molar-refractivity contribution < 1.29 is 14.0 Å². The minimum absolute atomic E-state index is 0.0288. The number of pyridine rings is 1. The summed E-state index contributed by atoms with van der Waals surface area (Å²) in [4.78, 5) is 13.2. The Kier molecular flexibility index (Phi) is 4.20. The number of rotatable bonds is 3. The van der Waals surface area contributed by atoms with E-state index in [0.29, 0.717) is 11.3 Å². The van der Waals surface area contributed by atoms with Crippen LogP contribution in [0, 0.1) is 5.92 Å². The maximum absolute atomic E-state index is 13.2. The van der Waals surface area contributed by atoms with E-state index in [1.54, 1.807) is 7.11 Å². The Morgan fingerprint density at radius 1 is 1.11 bits per heavy atom. The minimum atomic E-state index is -0.484. The number of benzene rings is 1. The number of hydrogen-bond donors (Lipinski definition) is 0. The molecule has 1 aromatic carbocycles. The SMILES string of the molecule is COc1cn(C2CC(C)C2)c(=O)c2cc(B3OC(C)(C)C(C)(C)O3)ccc12. The summed E-state index contributed by atoms with van der Waals surface area (Å²) >= 11 is 0. The van der Waals surface area contributed by atoms with E-state index in [-0.39, 0.29) is 11.6 Å². The van der Waals surface area contributed by atoms with E-state index in [1.807, 2.05) is 56.7 Å². The van der Waals surface area contributed by atoms with Crippen LogP contribution in [-0.2, 0) is 9.31 Å². The summed E-state index contributed by atoms with van der Waals surface area (Å²) in [5.74, 6) is 1.39. The molecule has 1 saturated carbocycles. The Morgan fingerprint density at radius 3 is 2.30 bits per heavy atom. The molecule has 1 aromatic heterocycles. The number of aromatic nitrogens is 1. The first kappa shape index (κ1) is 18.6. The Hall–Kier alpha value is -1.79. The Morgan fingerprint density at radius 2 is 1.74 bits per heavy atom. The van der Waals surface area contributed by atoms with Crippen LogP contribution in [0.15, 0.2) is 29.2 Å². The van der Waals surface area contributed by atoms with Gasteiger partial charge in [0.1, 0.15) is 5.75 Å². The first-order chi connectivity index (χ1) is 12.6. The Bertz CT molecular complexity index is 927. The van der Waals surface area contributed by atoms with E-state index in [0.717, 1.165) is 29.4 Å². The normalized spacial score (nSPS) is 26.2. The molecule has 1 aliphatic carbocycles. The zero-order chi connectivity index (χ0) is 19.6. The zero-order valence-electron chi connectivity index (χ0n) is 17.0. The van der Waals surface area contributed by atoms with Gasteiger partial charge in [0.05, 0.1) is 29.9 Å². The summed E-state index contributed by atoms with van der Waals surface area (Å²) in [6, 6.07) is 6.05. The van der Waals surface area contributed by atoms with Crippen molar-refractivity contribution in [3.8, 4) is 5.75 Å². The van der Waals surface area contributed by atoms with E-state index in [9.17, 15) is 4.79 Å². The second kappa shape index (κ2) is 6.11. The monoisotopic (exact) mass is 369 g/mol. The quantitative estimate of drug-likeness (QED) is 0.780. The van der Waals surface area contributed by atoms with Gasteiger partial charge >= 0.3 is 7.12 Å². The maximum atomic E-state index is 13.2. The van der Waals surface area contributed by atoms with Crippen LogP contribution < -0.4 is 15.8 Å². The third kappa shape index (κ3) is 2.90. The summed E-state index contributed by atoms with van der Waals surface area (Å²) in [5, 5.41) is 1.48. The number of hydrogen-bond acceptors (Lipinski definition) is 4. The lowest BCUT2D eigenvalue weighted by Gasteiger charge is -2.34. The van der Waals surface area contributed by atoms with E-state index in [4.69, 9.17) is 14.0 Å². The van der Waals surface area contributed by atoms with Gasteiger partial charge in [0.2, 0.25) is 0 Å².